The quantitative estimate of drug-likeness (QED) is 0.904. The van der Waals surface area contributed by atoms with Crippen LogP contribution in [0.25, 0.3) is 0 Å². The van der Waals surface area contributed by atoms with Gasteiger partial charge in [0.1, 0.15) is 5.82 Å². The van der Waals surface area contributed by atoms with E-state index in [1.165, 1.54) is 6.07 Å². The summed E-state index contributed by atoms with van der Waals surface area (Å²) < 4.78 is 13.6. The molecule has 1 saturated heterocycles. The van der Waals surface area contributed by atoms with Gasteiger partial charge >= 0.3 is 0 Å². The Kier molecular flexibility index (Phi) is 5.48. The fourth-order valence-corrected chi connectivity index (χ4v) is 3.50. The van der Waals surface area contributed by atoms with Crippen molar-refractivity contribution in [1.82, 2.24) is 15.5 Å². The lowest BCUT2D eigenvalue weighted by molar-refractivity contribution is 0.387. The van der Waals surface area contributed by atoms with Crippen LogP contribution in [0.3, 0.4) is 0 Å². The minimum absolute atomic E-state index is 0.143. The smallest absolute Gasteiger partial charge is 0.151 e. The van der Waals surface area contributed by atoms with Crippen molar-refractivity contribution < 1.29 is 4.39 Å². The van der Waals surface area contributed by atoms with Gasteiger partial charge in [0.05, 0.1) is 0 Å². The standard InChI is InChI=1S/C19H26FN5/c1-14(17-9-8-15(20)12-18(17)24(2)3)22-16-6-5-11-25(13-16)19-7-4-10-21-23-19/h4,7-10,12,14,16,22H,5-6,11,13H2,1-3H3/t14-,16+/m1/s1. The molecule has 0 saturated carbocycles. The van der Waals surface area contributed by atoms with E-state index in [9.17, 15) is 4.39 Å². The number of rotatable bonds is 5. The van der Waals surface area contributed by atoms with Crippen molar-refractivity contribution in [3.8, 4) is 0 Å². The van der Waals surface area contributed by atoms with Crippen LogP contribution >= 0.6 is 0 Å². The zero-order valence-electron chi connectivity index (χ0n) is 15.1. The summed E-state index contributed by atoms with van der Waals surface area (Å²) in [6.45, 7) is 4.05. The Labute approximate surface area is 148 Å². The Morgan fingerprint density at radius 1 is 1.32 bits per heavy atom. The Bertz CT molecular complexity index is 691. The summed E-state index contributed by atoms with van der Waals surface area (Å²) in [5.74, 6) is 0.726. The second-order valence-corrected chi connectivity index (χ2v) is 6.85. The van der Waals surface area contributed by atoms with Crippen LogP contribution in [0.1, 0.15) is 31.4 Å². The normalized spacial score (nSPS) is 18.9. The molecule has 1 aliphatic heterocycles. The van der Waals surface area contributed by atoms with Crippen molar-refractivity contribution in [2.45, 2.75) is 31.8 Å². The molecule has 0 bridgehead atoms. The van der Waals surface area contributed by atoms with Gasteiger partial charge in [0, 0.05) is 51.2 Å². The SMILES string of the molecule is C[C@@H](N[C@H]1CCCN(c2cccnn2)C1)c1ccc(F)cc1N(C)C. The number of halogens is 1. The van der Waals surface area contributed by atoms with Crippen molar-refractivity contribution in [1.29, 1.82) is 0 Å². The van der Waals surface area contributed by atoms with Gasteiger partial charge in [-0.1, -0.05) is 6.07 Å². The number of benzene rings is 1. The molecule has 2 atom stereocenters. The predicted molar refractivity (Wildman–Crippen MR) is 99.5 cm³/mol. The number of piperidine rings is 1. The molecule has 0 aliphatic carbocycles. The van der Waals surface area contributed by atoms with Crippen molar-refractivity contribution in [3.05, 3.63) is 47.9 Å². The third kappa shape index (κ3) is 4.25. The molecule has 1 aliphatic rings. The summed E-state index contributed by atoms with van der Waals surface area (Å²) in [4.78, 5) is 4.24. The molecule has 0 amide bonds. The van der Waals surface area contributed by atoms with E-state index >= 15 is 0 Å². The molecular formula is C19H26FN5. The molecule has 1 fully saturated rings. The first-order valence-corrected chi connectivity index (χ1v) is 8.80. The van der Waals surface area contributed by atoms with Gasteiger partial charge in [-0.15, -0.1) is 5.10 Å². The highest BCUT2D eigenvalue weighted by molar-refractivity contribution is 5.54. The van der Waals surface area contributed by atoms with Gasteiger partial charge < -0.3 is 15.1 Å². The molecule has 1 N–H and O–H groups in total. The highest BCUT2D eigenvalue weighted by Gasteiger charge is 2.23. The first-order valence-electron chi connectivity index (χ1n) is 8.80. The van der Waals surface area contributed by atoms with Gasteiger partial charge in [-0.05, 0) is 49.6 Å². The number of nitrogens with zero attached hydrogens (tertiary/aromatic N) is 4. The van der Waals surface area contributed by atoms with Crippen LogP contribution in [0.2, 0.25) is 0 Å². The van der Waals surface area contributed by atoms with Gasteiger partial charge in [0.15, 0.2) is 5.82 Å². The molecule has 1 aromatic heterocycles. The van der Waals surface area contributed by atoms with Crippen LogP contribution in [0.5, 0.6) is 0 Å². The van der Waals surface area contributed by atoms with Crippen LogP contribution in [-0.2, 0) is 0 Å². The van der Waals surface area contributed by atoms with Crippen molar-refractivity contribution in [2.75, 3.05) is 37.0 Å². The van der Waals surface area contributed by atoms with Gasteiger partial charge in [-0.3, -0.25) is 0 Å². The van der Waals surface area contributed by atoms with E-state index in [2.05, 4.69) is 27.3 Å². The van der Waals surface area contributed by atoms with Crippen molar-refractivity contribution in [3.63, 3.8) is 0 Å². The van der Waals surface area contributed by atoms with E-state index in [1.54, 1.807) is 12.3 Å². The fourth-order valence-electron chi connectivity index (χ4n) is 3.50. The van der Waals surface area contributed by atoms with Crippen molar-refractivity contribution >= 4 is 11.5 Å². The molecule has 2 heterocycles. The molecule has 25 heavy (non-hydrogen) atoms. The third-order valence-electron chi connectivity index (χ3n) is 4.73. The molecule has 0 radical (unpaired) electrons. The molecule has 2 aromatic rings. The van der Waals surface area contributed by atoms with Crippen molar-refractivity contribution in [2.24, 2.45) is 0 Å². The van der Waals surface area contributed by atoms with E-state index in [-0.39, 0.29) is 11.9 Å². The zero-order valence-corrected chi connectivity index (χ0v) is 15.1. The Hall–Kier alpha value is -2.21. The molecule has 134 valence electrons. The first kappa shape index (κ1) is 17.6. The molecular weight excluding hydrogens is 317 g/mol. The highest BCUT2D eigenvalue weighted by Crippen LogP contribution is 2.27. The molecule has 0 unspecified atom stereocenters. The lowest BCUT2D eigenvalue weighted by Gasteiger charge is -2.35. The Morgan fingerprint density at radius 2 is 2.16 bits per heavy atom. The lowest BCUT2D eigenvalue weighted by Crippen LogP contribution is -2.46. The summed E-state index contributed by atoms with van der Waals surface area (Å²) in [5.41, 5.74) is 2.03. The fraction of sp³-hybridized carbons (Fsp3) is 0.474. The average Bonchev–Trinajstić information content (AvgIpc) is 2.62. The maximum absolute atomic E-state index is 13.6. The number of aromatic nitrogens is 2. The van der Waals surface area contributed by atoms with E-state index in [1.807, 2.05) is 37.2 Å². The van der Waals surface area contributed by atoms with Gasteiger partial charge in [0.2, 0.25) is 0 Å². The van der Waals surface area contributed by atoms with E-state index in [4.69, 9.17) is 0 Å². The van der Waals surface area contributed by atoms with Crippen LogP contribution in [0, 0.1) is 5.82 Å². The van der Waals surface area contributed by atoms with Gasteiger partial charge in [-0.2, -0.15) is 5.10 Å². The topological polar surface area (TPSA) is 44.3 Å². The molecule has 3 rings (SSSR count). The molecule has 5 nitrogen and oxygen atoms in total. The van der Waals surface area contributed by atoms with E-state index in [0.717, 1.165) is 43.0 Å². The van der Waals surface area contributed by atoms with Crippen LogP contribution in [0.15, 0.2) is 36.5 Å². The highest BCUT2D eigenvalue weighted by atomic mass is 19.1. The number of hydrogen-bond acceptors (Lipinski definition) is 5. The summed E-state index contributed by atoms with van der Waals surface area (Å²) in [5, 5.41) is 11.9. The van der Waals surface area contributed by atoms with E-state index < -0.39 is 0 Å². The lowest BCUT2D eigenvalue weighted by atomic mass is 10.0. The molecule has 6 heteroatoms. The molecule has 0 spiro atoms. The van der Waals surface area contributed by atoms with Crippen LogP contribution in [0.4, 0.5) is 15.9 Å². The minimum Gasteiger partial charge on any atom is -0.377 e. The largest absolute Gasteiger partial charge is 0.377 e. The van der Waals surface area contributed by atoms with Crippen LogP contribution < -0.4 is 15.1 Å². The summed E-state index contributed by atoms with van der Waals surface area (Å²) in [7, 11) is 3.89. The summed E-state index contributed by atoms with van der Waals surface area (Å²) >= 11 is 0. The zero-order chi connectivity index (χ0) is 17.8. The summed E-state index contributed by atoms with van der Waals surface area (Å²) in [6.07, 6.45) is 3.94. The van der Waals surface area contributed by atoms with Gasteiger partial charge in [0.25, 0.3) is 0 Å². The second kappa shape index (κ2) is 7.78. The third-order valence-corrected chi connectivity index (χ3v) is 4.73. The predicted octanol–water partition coefficient (Wildman–Crippen LogP) is 3.00. The minimum atomic E-state index is -0.203. The Balaban J connectivity index is 1.70. The maximum atomic E-state index is 13.6. The number of anilines is 2. The maximum Gasteiger partial charge on any atom is 0.151 e. The average molecular weight is 343 g/mol. The van der Waals surface area contributed by atoms with E-state index in [0.29, 0.717) is 6.04 Å². The second-order valence-electron chi connectivity index (χ2n) is 6.85. The monoisotopic (exact) mass is 343 g/mol. The summed E-state index contributed by atoms with van der Waals surface area (Å²) in [6, 6.07) is 9.45. The number of hydrogen-bond donors (Lipinski definition) is 1. The van der Waals surface area contributed by atoms with Crippen LogP contribution in [-0.4, -0.2) is 43.4 Å². The first-order chi connectivity index (χ1) is 12.0. The molecule has 1 aromatic carbocycles. The number of nitrogens with one attached hydrogen (secondary N) is 1. The van der Waals surface area contributed by atoms with Gasteiger partial charge in [-0.25, -0.2) is 4.39 Å². The Morgan fingerprint density at radius 3 is 2.88 bits per heavy atom.